The van der Waals surface area contributed by atoms with Gasteiger partial charge >= 0.3 is 0 Å². The molecule has 2 aliphatic carbocycles. The van der Waals surface area contributed by atoms with Crippen molar-refractivity contribution in [2.75, 3.05) is 39.3 Å². The summed E-state index contributed by atoms with van der Waals surface area (Å²) >= 11 is 0. The number of hydrogen-bond acceptors (Lipinski definition) is 6. The van der Waals surface area contributed by atoms with E-state index in [1.165, 1.54) is 19.4 Å². The van der Waals surface area contributed by atoms with Gasteiger partial charge in [0, 0.05) is 38.3 Å². The lowest BCUT2D eigenvalue weighted by atomic mass is 9.77. The van der Waals surface area contributed by atoms with Crippen molar-refractivity contribution in [2.24, 2.45) is 17.8 Å². The van der Waals surface area contributed by atoms with Crippen molar-refractivity contribution in [3.63, 3.8) is 0 Å². The molecular weight excluding hydrogens is 410 g/mol. The third kappa shape index (κ3) is 5.99. The fourth-order valence-corrected chi connectivity index (χ4v) is 5.47. The first-order valence-corrected chi connectivity index (χ1v) is 11.8. The van der Waals surface area contributed by atoms with Gasteiger partial charge in [-0.3, -0.25) is 14.5 Å². The fraction of sp³-hybridized carbons (Fsp3) is 0.667. The Labute approximate surface area is 189 Å². The normalized spacial score (nSPS) is 30.0. The minimum Gasteiger partial charge on any atom is -0.492 e. The highest BCUT2D eigenvalue weighted by Crippen LogP contribution is 2.39. The average Bonchev–Trinajstić information content (AvgIpc) is 3.51. The fourth-order valence-electron chi connectivity index (χ4n) is 5.47. The van der Waals surface area contributed by atoms with Crippen LogP contribution in [-0.4, -0.2) is 83.9 Å². The van der Waals surface area contributed by atoms with Crippen LogP contribution in [0.25, 0.3) is 0 Å². The van der Waals surface area contributed by atoms with Gasteiger partial charge in [-0.2, -0.15) is 0 Å². The first-order chi connectivity index (χ1) is 15.6. The van der Waals surface area contributed by atoms with E-state index >= 15 is 0 Å². The van der Waals surface area contributed by atoms with Gasteiger partial charge in [-0.25, -0.2) is 0 Å². The Bertz CT molecular complexity index is 787. The van der Waals surface area contributed by atoms with Crippen molar-refractivity contribution in [1.29, 1.82) is 0 Å². The van der Waals surface area contributed by atoms with Crippen molar-refractivity contribution >= 4 is 12.4 Å². The van der Waals surface area contributed by atoms with Crippen LogP contribution in [0, 0.1) is 17.8 Å². The van der Waals surface area contributed by atoms with Crippen LogP contribution in [-0.2, 0) is 16.1 Å². The number of nitrogens with one attached hydrogen (secondary N) is 1. The molecule has 1 aromatic rings. The monoisotopic (exact) mass is 445 g/mol. The maximum Gasteiger partial charge on any atom is 0.290 e. The Balaban J connectivity index is 0.000000775. The zero-order chi connectivity index (χ0) is 22.5. The minimum atomic E-state index is -0.422. The summed E-state index contributed by atoms with van der Waals surface area (Å²) in [5.41, 5.74) is 1.13. The Morgan fingerprint density at radius 2 is 1.88 bits per heavy atom. The van der Waals surface area contributed by atoms with E-state index in [1.807, 2.05) is 18.2 Å². The molecule has 0 aromatic heterocycles. The largest absolute Gasteiger partial charge is 0.492 e. The van der Waals surface area contributed by atoms with Crippen molar-refractivity contribution in [2.45, 2.75) is 44.4 Å². The van der Waals surface area contributed by atoms with Crippen LogP contribution < -0.4 is 10.1 Å². The second-order valence-electron chi connectivity index (χ2n) is 9.67. The SMILES string of the molecule is O=C(CN1CCOc2ccccc2C1)N[C@H]1C[C@H]2CN(CC3CC3)C[C@H]2C[C@@H]1O.O=CO. The van der Waals surface area contributed by atoms with Crippen LogP contribution >= 0.6 is 0 Å². The summed E-state index contributed by atoms with van der Waals surface area (Å²) in [5, 5.41) is 20.7. The number of ether oxygens (including phenoxy) is 1. The van der Waals surface area contributed by atoms with Crippen LogP contribution in [0.1, 0.15) is 31.2 Å². The van der Waals surface area contributed by atoms with Gasteiger partial charge in [0.25, 0.3) is 6.47 Å². The molecule has 4 atom stereocenters. The van der Waals surface area contributed by atoms with Gasteiger partial charge < -0.3 is 25.2 Å². The molecule has 2 heterocycles. The van der Waals surface area contributed by atoms with Crippen LogP contribution in [0.4, 0.5) is 0 Å². The predicted molar refractivity (Wildman–Crippen MR) is 119 cm³/mol. The summed E-state index contributed by atoms with van der Waals surface area (Å²) in [6.07, 6.45) is 4.08. The van der Waals surface area contributed by atoms with E-state index in [-0.39, 0.29) is 18.4 Å². The number of fused-ring (bicyclic) bond motifs is 2. The molecule has 176 valence electrons. The molecule has 1 saturated heterocycles. The van der Waals surface area contributed by atoms with Crippen LogP contribution in [0.3, 0.4) is 0 Å². The average molecular weight is 446 g/mol. The number of carboxylic acid groups (broad SMARTS) is 1. The Kier molecular flexibility index (Phi) is 7.65. The Morgan fingerprint density at radius 1 is 1.16 bits per heavy atom. The van der Waals surface area contributed by atoms with E-state index in [2.05, 4.69) is 21.2 Å². The van der Waals surface area contributed by atoms with Crippen molar-refractivity contribution in [3.8, 4) is 5.75 Å². The first-order valence-electron chi connectivity index (χ1n) is 11.8. The molecule has 4 aliphatic rings. The summed E-state index contributed by atoms with van der Waals surface area (Å²) in [6, 6.07) is 7.93. The minimum absolute atomic E-state index is 0.0136. The molecule has 1 aromatic carbocycles. The Hall–Kier alpha value is -2.16. The summed E-state index contributed by atoms with van der Waals surface area (Å²) < 4.78 is 5.80. The molecule has 3 N–H and O–H groups in total. The molecule has 32 heavy (non-hydrogen) atoms. The lowest BCUT2D eigenvalue weighted by Gasteiger charge is -2.36. The number of carbonyl (C=O) groups excluding carboxylic acids is 1. The van der Waals surface area contributed by atoms with E-state index < -0.39 is 6.10 Å². The van der Waals surface area contributed by atoms with Gasteiger partial charge in [0.15, 0.2) is 0 Å². The van der Waals surface area contributed by atoms with Gasteiger partial charge in [-0.15, -0.1) is 0 Å². The summed E-state index contributed by atoms with van der Waals surface area (Å²) in [7, 11) is 0. The number of likely N-dealkylation sites (tertiary alicyclic amines) is 1. The van der Waals surface area contributed by atoms with Crippen molar-refractivity contribution in [3.05, 3.63) is 29.8 Å². The van der Waals surface area contributed by atoms with Crippen LogP contribution in [0.5, 0.6) is 5.75 Å². The van der Waals surface area contributed by atoms with Crippen molar-refractivity contribution in [1.82, 2.24) is 15.1 Å². The molecule has 3 fully saturated rings. The number of para-hydroxylation sites is 1. The highest BCUT2D eigenvalue weighted by Gasteiger charge is 2.43. The zero-order valence-corrected chi connectivity index (χ0v) is 18.6. The lowest BCUT2D eigenvalue weighted by molar-refractivity contribution is -0.125. The molecule has 0 spiro atoms. The van der Waals surface area contributed by atoms with Crippen LogP contribution in [0.2, 0.25) is 0 Å². The molecule has 2 aliphatic heterocycles. The maximum atomic E-state index is 12.7. The van der Waals surface area contributed by atoms with E-state index in [0.29, 0.717) is 25.0 Å². The number of aliphatic hydroxyl groups is 1. The number of benzene rings is 1. The highest BCUT2D eigenvalue weighted by atomic mass is 16.5. The molecule has 8 nitrogen and oxygen atoms in total. The molecule has 5 rings (SSSR count). The van der Waals surface area contributed by atoms with E-state index in [0.717, 1.165) is 56.3 Å². The van der Waals surface area contributed by atoms with E-state index in [4.69, 9.17) is 14.6 Å². The molecule has 2 saturated carbocycles. The van der Waals surface area contributed by atoms with Gasteiger partial charge in [0.1, 0.15) is 12.4 Å². The first kappa shape index (κ1) is 23.0. The van der Waals surface area contributed by atoms with Gasteiger partial charge in [0.2, 0.25) is 5.91 Å². The number of aliphatic hydroxyl groups excluding tert-OH is 1. The quantitative estimate of drug-likeness (QED) is 0.585. The zero-order valence-electron chi connectivity index (χ0n) is 18.6. The number of nitrogens with zero attached hydrogens (tertiary/aromatic N) is 2. The molecule has 8 heteroatoms. The summed E-state index contributed by atoms with van der Waals surface area (Å²) in [6.45, 7) is 5.65. The van der Waals surface area contributed by atoms with Crippen LogP contribution in [0.15, 0.2) is 24.3 Å². The molecular formula is C24H35N3O5. The maximum absolute atomic E-state index is 12.7. The van der Waals surface area contributed by atoms with E-state index in [1.54, 1.807) is 0 Å². The third-order valence-corrected chi connectivity index (χ3v) is 7.18. The second kappa shape index (κ2) is 10.6. The predicted octanol–water partition coefficient (Wildman–Crippen LogP) is 1.18. The topological polar surface area (TPSA) is 102 Å². The van der Waals surface area contributed by atoms with Gasteiger partial charge in [0.05, 0.1) is 18.7 Å². The third-order valence-electron chi connectivity index (χ3n) is 7.18. The molecule has 0 unspecified atom stereocenters. The molecule has 1 amide bonds. The number of rotatable bonds is 5. The number of hydrogen-bond donors (Lipinski definition) is 3. The Morgan fingerprint density at radius 3 is 2.62 bits per heavy atom. The summed E-state index contributed by atoms with van der Waals surface area (Å²) in [5.74, 6) is 3.05. The number of carbonyl (C=O) groups is 2. The smallest absolute Gasteiger partial charge is 0.290 e. The van der Waals surface area contributed by atoms with Gasteiger partial charge in [-0.05, 0) is 49.5 Å². The molecule has 0 bridgehead atoms. The second-order valence-corrected chi connectivity index (χ2v) is 9.67. The van der Waals surface area contributed by atoms with Gasteiger partial charge in [-0.1, -0.05) is 18.2 Å². The number of amides is 1. The highest BCUT2D eigenvalue weighted by molar-refractivity contribution is 5.78. The standard InChI is InChI=1S/C23H33N3O3.CH2O2/c27-21-10-19-14-26(11-16-5-6-16)13-18(19)9-20(21)24-23(28)15-25-7-8-29-22-4-2-1-3-17(22)12-25;2-1-3/h1-4,16,18-21,27H,5-15H2,(H,24,28);1H,(H,2,3)/t18-,19+,20-,21-;/m0./s1. The van der Waals surface area contributed by atoms with Crippen molar-refractivity contribution < 1.29 is 24.5 Å². The lowest BCUT2D eigenvalue weighted by Crippen LogP contribution is -2.51. The molecule has 0 radical (unpaired) electrons. The van der Waals surface area contributed by atoms with E-state index in [9.17, 15) is 9.90 Å². The summed E-state index contributed by atoms with van der Waals surface area (Å²) in [4.78, 5) is 25.8.